The van der Waals surface area contributed by atoms with Crippen molar-refractivity contribution < 1.29 is 22.8 Å². The average Bonchev–Trinajstić information content (AvgIpc) is 2.84. The second-order valence-corrected chi connectivity index (χ2v) is 6.59. The Morgan fingerprint density at radius 1 is 1.45 bits per heavy atom. The quantitative estimate of drug-likeness (QED) is 0.909. The molecule has 0 aromatic carbocycles. The van der Waals surface area contributed by atoms with Crippen LogP contribution < -0.4 is 0 Å². The summed E-state index contributed by atoms with van der Waals surface area (Å²) in [6.45, 7) is 2.17. The van der Waals surface area contributed by atoms with Crippen LogP contribution in [0.1, 0.15) is 56.0 Å². The van der Waals surface area contributed by atoms with Gasteiger partial charge in [-0.25, -0.2) is 0 Å². The van der Waals surface area contributed by atoms with Crippen molar-refractivity contribution in [1.82, 2.24) is 5.16 Å². The standard InChI is InChI=1S/C16H20F3NO2/c1-15-9-12-13(22-20-14(12)16(17,18)19)8-11(15)5-2-4-10(15)6-3-7-21/h8,10,21H,2-7,9H2,1H3. The van der Waals surface area contributed by atoms with E-state index in [4.69, 9.17) is 9.63 Å². The van der Waals surface area contributed by atoms with E-state index in [1.165, 1.54) is 5.57 Å². The molecule has 1 aromatic rings. The van der Waals surface area contributed by atoms with Gasteiger partial charge >= 0.3 is 6.18 Å². The van der Waals surface area contributed by atoms with Gasteiger partial charge in [-0.3, -0.25) is 0 Å². The van der Waals surface area contributed by atoms with Crippen LogP contribution in [-0.2, 0) is 12.6 Å². The average molecular weight is 315 g/mol. The Hall–Kier alpha value is -1.30. The van der Waals surface area contributed by atoms with Gasteiger partial charge in [0, 0.05) is 12.2 Å². The molecule has 1 fully saturated rings. The van der Waals surface area contributed by atoms with E-state index in [9.17, 15) is 13.2 Å². The number of aromatic nitrogens is 1. The first-order valence-corrected chi connectivity index (χ1v) is 7.74. The number of hydrogen-bond acceptors (Lipinski definition) is 3. The van der Waals surface area contributed by atoms with Crippen molar-refractivity contribution in [2.45, 2.75) is 51.6 Å². The summed E-state index contributed by atoms with van der Waals surface area (Å²) in [4.78, 5) is 0. The molecule has 1 aromatic heterocycles. The van der Waals surface area contributed by atoms with Gasteiger partial charge in [0.25, 0.3) is 0 Å². The van der Waals surface area contributed by atoms with Crippen LogP contribution in [0.4, 0.5) is 13.2 Å². The molecule has 2 unspecified atom stereocenters. The van der Waals surface area contributed by atoms with Gasteiger partial charge in [0.1, 0.15) is 0 Å². The van der Waals surface area contributed by atoms with Crippen LogP contribution in [0.5, 0.6) is 0 Å². The Morgan fingerprint density at radius 3 is 2.91 bits per heavy atom. The molecule has 0 bridgehead atoms. The minimum atomic E-state index is -4.48. The lowest BCUT2D eigenvalue weighted by atomic mass is 9.58. The Labute approximate surface area is 127 Å². The predicted octanol–water partition coefficient (Wildman–Crippen LogP) is 4.21. The van der Waals surface area contributed by atoms with Gasteiger partial charge in [-0.05, 0) is 55.9 Å². The molecule has 122 valence electrons. The highest BCUT2D eigenvalue weighted by Gasteiger charge is 2.47. The smallest absolute Gasteiger partial charge is 0.396 e. The zero-order chi connectivity index (χ0) is 16.0. The molecule has 3 rings (SSSR count). The van der Waals surface area contributed by atoms with Crippen LogP contribution in [0.25, 0.3) is 6.08 Å². The first kappa shape index (κ1) is 15.6. The molecule has 2 aliphatic rings. The van der Waals surface area contributed by atoms with E-state index in [-0.39, 0.29) is 23.3 Å². The second kappa shape index (κ2) is 5.41. The van der Waals surface area contributed by atoms with E-state index in [1.54, 1.807) is 6.08 Å². The number of allylic oxidation sites excluding steroid dienone is 1. The summed E-state index contributed by atoms with van der Waals surface area (Å²) < 4.78 is 44.2. The highest BCUT2D eigenvalue weighted by Crippen LogP contribution is 2.53. The monoisotopic (exact) mass is 315 g/mol. The molecule has 6 heteroatoms. The Balaban J connectivity index is 1.98. The van der Waals surface area contributed by atoms with Gasteiger partial charge in [0.05, 0.1) is 0 Å². The van der Waals surface area contributed by atoms with E-state index in [0.717, 1.165) is 25.7 Å². The highest BCUT2D eigenvalue weighted by atomic mass is 19.4. The van der Waals surface area contributed by atoms with Crippen LogP contribution in [0.2, 0.25) is 0 Å². The summed E-state index contributed by atoms with van der Waals surface area (Å²) in [5.74, 6) is 0.561. The summed E-state index contributed by atoms with van der Waals surface area (Å²) >= 11 is 0. The van der Waals surface area contributed by atoms with Crippen LogP contribution in [0, 0.1) is 11.3 Å². The van der Waals surface area contributed by atoms with Gasteiger partial charge < -0.3 is 9.63 Å². The van der Waals surface area contributed by atoms with Crippen molar-refractivity contribution in [2.75, 3.05) is 6.61 Å². The molecule has 0 aliphatic heterocycles. The number of halogens is 3. The molecule has 3 nitrogen and oxygen atoms in total. The van der Waals surface area contributed by atoms with Crippen molar-refractivity contribution in [3.63, 3.8) is 0 Å². The maximum absolute atomic E-state index is 13.1. The van der Waals surface area contributed by atoms with Crippen molar-refractivity contribution >= 4 is 6.08 Å². The molecule has 0 saturated heterocycles. The summed E-state index contributed by atoms with van der Waals surface area (Å²) in [5.41, 5.74) is 0.186. The third-order valence-electron chi connectivity index (χ3n) is 5.28. The molecule has 2 atom stereocenters. The summed E-state index contributed by atoms with van der Waals surface area (Å²) in [6, 6.07) is 0. The highest BCUT2D eigenvalue weighted by molar-refractivity contribution is 5.59. The van der Waals surface area contributed by atoms with E-state index < -0.39 is 11.9 Å². The first-order chi connectivity index (χ1) is 10.4. The number of fused-ring (bicyclic) bond motifs is 2. The normalized spacial score (nSPS) is 28.0. The van der Waals surface area contributed by atoms with E-state index >= 15 is 0 Å². The van der Waals surface area contributed by atoms with Crippen LogP contribution in [-0.4, -0.2) is 16.9 Å². The molecule has 0 spiro atoms. The SMILES string of the molecule is CC12Cc3c(C(F)(F)F)noc3C=C1CCCC2CCCO. The molecule has 0 radical (unpaired) electrons. The molecule has 0 amide bonds. The minimum absolute atomic E-state index is 0.123. The summed E-state index contributed by atoms with van der Waals surface area (Å²) in [5, 5.41) is 12.3. The largest absolute Gasteiger partial charge is 0.437 e. The summed E-state index contributed by atoms with van der Waals surface area (Å²) in [7, 11) is 0. The lowest BCUT2D eigenvalue weighted by molar-refractivity contribution is -0.143. The Morgan fingerprint density at radius 2 is 2.23 bits per heavy atom. The van der Waals surface area contributed by atoms with Gasteiger partial charge in [-0.15, -0.1) is 0 Å². The number of aliphatic hydroxyl groups excluding tert-OH is 1. The topological polar surface area (TPSA) is 46.3 Å². The zero-order valence-electron chi connectivity index (χ0n) is 12.5. The lowest BCUT2D eigenvalue weighted by Gasteiger charge is -2.45. The van der Waals surface area contributed by atoms with Crippen molar-refractivity contribution in [3.05, 3.63) is 22.6 Å². The fraction of sp³-hybridized carbons (Fsp3) is 0.688. The molecular formula is C16H20F3NO2. The van der Waals surface area contributed by atoms with Crippen molar-refractivity contribution in [3.8, 4) is 0 Å². The maximum Gasteiger partial charge on any atom is 0.437 e. The van der Waals surface area contributed by atoms with E-state index in [1.807, 2.05) is 0 Å². The second-order valence-electron chi connectivity index (χ2n) is 6.59. The number of alkyl halides is 3. The molecule has 1 saturated carbocycles. The maximum atomic E-state index is 13.1. The lowest BCUT2D eigenvalue weighted by Crippen LogP contribution is -2.37. The molecule has 1 heterocycles. The van der Waals surface area contributed by atoms with E-state index in [0.29, 0.717) is 18.8 Å². The van der Waals surface area contributed by atoms with E-state index in [2.05, 4.69) is 12.1 Å². The van der Waals surface area contributed by atoms with Crippen LogP contribution in [0.15, 0.2) is 10.1 Å². The molecule has 1 N–H and O–H groups in total. The number of rotatable bonds is 3. The third-order valence-corrected chi connectivity index (χ3v) is 5.28. The fourth-order valence-corrected chi connectivity index (χ4v) is 4.06. The Bertz CT molecular complexity index is 591. The van der Waals surface area contributed by atoms with Crippen LogP contribution >= 0.6 is 0 Å². The van der Waals surface area contributed by atoms with Gasteiger partial charge in [-0.1, -0.05) is 17.7 Å². The number of hydrogen-bond donors (Lipinski definition) is 1. The molecular weight excluding hydrogens is 295 g/mol. The fourth-order valence-electron chi connectivity index (χ4n) is 4.06. The molecule has 2 aliphatic carbocycles. The Kier molecular flexibility index (Phi) is 3.83. The van der Waals surface area contributed by atoms with Gasteiger partial charge in [-0.2, -0.15) is 13.2 Å². The molecule has 22 heavy (non-hydrogen) atoms. The van der Waals surface area contributed by atoms with Crippen LogP contribution in [0.3, 0.4) is 0 Å². The number of aliphatic hydroxyl groups is 1. The van der Waals surface area contributed by atoms with Gasteiger partial charge in [0.15, 0.2) is 11.5 Å². The minimum Gasteiger partial charge on any atom is -0.396 e. The number of nitrogens with zero attached hydrogens (tertiary/aromatic N) is 1. The summed E-state index contributed by atoms with van der Waals surface area (Å²) in [6.07, 6.45) is 2.07. The zero-order valence-corrected chi connectivity index (χ0v) is 12.5. The van der Waals surface area contributed by atoms with Gasteiger partial charge in [0.2, 0.25) is 0 Å². The third kappa shape index (κ3) is 2.47. The van der Waals surface area contributed by atoms with Crippen molar-refractivity contribution in [2.24, 2.45) is 11.3 Å². The first-order valence-electron chi connectivity index (χ1n) is 7.74. The predicted molar refractivity (Wildman–Crippen MR) is 75.0 cm³/mol. The van der Waals surface area contributed by atoms with Crippen molar-refractivity contribution in [1.29, 1.82) is 0 Å².